The van der Waals surface area contributed by atoms with E-state index in [-0.39, 0.29) is 19.2 Å². The summed E-state index contributed by atoms with van der Waals surface area (Å²) < 4.78 is 11.2. The lowest BCUT2D eigenvalue weighted by atomic mass is 10.1. The highest BCUT2D eigenvalue weighted by molar-refractivity contribution is 5.69. The number of ether oxygens (including phenoxy) is 2. The summed E-state index contributed by atoms with van der Waals surface area (Å²) in [6, 6.07) is 0. The van der Waals surface area contributed by atoms with E-state index in [1.807, 2.05) is 0 Å². The quantitative estimate of drug-likeness (QED) is 0.0384. The average Bonchev–Trinajstić information content (AvgIpc) is 3.19. The zero-order valence-corrected chi connectivity index (χ0v) is 35.6. The largest absolute Gasteiger partial charge is 0.457 e. The molecule has 0 spiro atoms. The minimum absolute atomic E-state index is 0.188. The van der Waals surface area contributed by atoms with Crippen LogP contribution in [0.25, 0.3) is 0 Å². The van der Waals surface area contributed by atoms with Gasteiger partial charge >= 0.3 is 5.97 Å². The Morgan fingerprint density at radius 1 is 0.436 bits per heavy atom. The van der Waals surface area contributed by atoms with Gasteiger partial charge in [-0.05, 0) is 96.3 Å². The highest BCUT2D eigenvalue weighted by Crippen LogP contribution is 2.12. The van der Waals surface area contributed by atoms with Crippen molar-refractivity contribution in [3.05, 3.63) is 109 Å². The van der Waals surface area contributed by atoms with E-state index in [0.717, 1.165) is 89.9 Å². The molecular weight excluding hydrogens is 677 g/mol. The van der Waals surface area contributed by atoms with Crippen molar-refractivity contribution in [3.8, 4) is 0 Å². The van der Waals surface area contributed by atoms with Crippen LogP contribution in [0.5, 0.6) is 0 Å². The molecule has 0 rings (SSSR count). The van der Waals surface area contributed by atoms with Crippen LogP contribution in [0.3, 0.4) is 0 Å². The summed E-state index contributed by atoms with van der Waals surface area (Å²) in [7, 11) is 0. The molecule has 0 aliphatic carbocycles. The molecule has 0 fully saturated rings. The van der Waals surface area contributed by atoms with Gasteiger partial charge in [-0.2, -0.15) is 0 Å². The van der Waals surface area contributed by atoms with Gasteiger partial charge in [0.2, 0.25) is 0 Å². The maximum atomic E-state index is 12.2. The molecule has 0 amide bonds. The van der Waals surface area contributed by atoms with Crippen molar-refractivity contribution in [1.82, 2.24) is 0 Å². The number of hydrogen-bond acceptors (Lipinski definition) is 4. The molecule has 55 heavy (non-hydrogen) atoms. The molecule has 0 aromatic heterocycles. The highest BCUT2D eigenvalue weighted by atomic mass is 16.6. The van der Waals surface area contributed by atoms with Gasteiger partial charge in [0.1, 0.15) is 6.10 Å². The molecule has 0 saturated carbocycles. The third kappa shape index (κ3) is 45.3. The summed E-state index contributed by atoms with van der Waals surface area (Å²) in [5, 5.41) is 9.62. The molecule has 0 aromatic rings. The molecule has 0 aliphatic heterocycles. The number of carbonyl (C=O) groups is 1. The van der Waals surface area contributed by atoms with E-state index in [9.17, 15) is 9.90 Å². The van der Waals surface area contributed by atoms with Crippen molar-refractivity contribution < 1.29 is 19.4 Å². The van der Waals surface area contributed by atoms with Gasteiger partial charge in [0.15, 0.2) is 0 Å². The smallest absolute Gasteiger partial charge is 0.306 e. The first-order valence-electron chi connectivity index (χ1n) is 22.5. The van der Waals surface area contributed by atoms with Crippen molar-refractivity contribution in [1.29, 1.82) is 0 Å². The van der Waals surface area contributed by atoms with Crippen molar-refractivity contribution in [2.24, 2.45) is 0 Å². The Kier molecular flexibility index (Phi) is 44.7. The van der Waals surface area contributed by atoms with E-state index in [1.54, 1.807) is 0 Å². The number of unbranched alkanes of at least 4 members (excludes halogenated alkanes) is 14. The summed E-state index contributed by atoms with van der Waals surface area (Å²) in [6.07, 6.45) is 68.7. The molecular formula is C51H84O4. The fraction of sp³-hybridized carbons (Fsp3) is 0.627. The van der Waals surface area contributed by atoms with E-state index in [0.29, 0.717) is 13.0 Å². The van der Waals surface area contributed by atoms with E-state index in [2.05, 4.69) is 123 Å². The number of allylic oxidation sites excluding steroid dienone is 18. The summed E-state index contributed by atoms with van der Waals surface area (Å²) in [5.74, 6) is -0.220. The number of aliphatic hydroxyl groups excluding tert-OH is 1. The molecule has 4 nitrogen and oxygen atoms in total. The number of rotatable bonds is 40. The summed E-state index contributed by atoms with van der Waals surface area (Å²) >= 11 is 0. The van der Waals surface area contributed by atoms with Crippen molar-refractivity contribution in [2.75, 3.05) is 19.8 Å². The van der Waals surface area contributed by atoms with Crippen LogP contribution in [-0.2, 0) is 14.3 Å². The second kappa shape index (κ2) is 47.2. The van der Waals surface area contributed by atoms with Gasteiger partial charge in [-0.1, -0.05) is 187 Å². The Hall–Kier alpha value is -2.95. The van der Waals surface area contributed by atoms with Crippen molar-refractivity contribution in [2.45, 2.75) is 187 Å². The summed E-state index contributed by atoms with van der Waals surface area (Å²) in [6.45, 7) is 5.07. The second-order valence-electron chi connectivity index (χ2n) is 14.4. The van der Waals surface area contributed by atoms with Gasteiger partial charge in [0.05, 0.1) is 13.2 Å². The number of aliphatic hydroxyl groups is 1. The second-order valence-corrected chi connectivity index (χ2v) is 14.4. The summed E-state index contributed by atoms with van der Waals surface area (Å²) in [5.41, 5.74) is 0. The predicted molar refractivity (Wildman–Crippen MR) is 241 cm³/mol. The highest BCUT2D eigenvalue weighted by Gasteiger charge is 2.13. The average molecular weight is 761 g/mol. The van der Waals surface area contributed by atoms with Gasteiger partial charge < -0.3 is 14.6 Å². The van der Waals surface area contributed by atoms with Crippen LogP contribution in [-0.4, -0.2) is 37.0 Å². The third-order valence-electron chi connectivity index (χ3n) is 9.09. The standard InChI is InChI=1S/C51H84O4/c1-3-5-7-9-11-13-15-17-19-21-22-23-24-25-26-27-28-29-31-33-35-37-39-41-43-45-47-54-49-50(48-52)55-51(53)46-44-42-40-38-36-34-32-30-20-18-16-14-12-10-8-6-4-2/h5-8,11-14,17-20,22-23,25-26,28-29,50,52H,3-4,9-10,15-16,21,24,27,30-49H2,1-2H3/b7-5-,8-6-,13-11-,14-12-,19-17-,20-18-,23-22-,26-25-,29-28-. The van der Waals surface area contributed by atoms with Crippen LogP contribution in [0, 0.1) is 0 Å². The van der Waals surface area contributed by atoms with E-state index >= 15 is 0 Å². The van der Waals surface area contributed by atoms with E-state index in [4.69, 9.17) is 9.47 Å². The fourth-order valence-corrected chi connectivity index (χ4v) is 5.82. The van der Waals surface area contributed by atoms with Crippen LogP contribution in [0.15, 0.2) is 109 Å². The van der Waals surface area contributed by atoms with Crippen LogP contribution in [0.2, 0.25) is 0 Å². The van der Waals surface area contributed by atoms with Gasteiger partial charge in [0, 0.05) is 13.0 Å². The molecule has 1 atom stereocenters. The number of esters is 1. The lowest BCUT2D eigenvalue weighted by Gasteiger charge is -2.15. The SMILES string of the molecule is CC/C=C\C/C=C\C/C=C\C/C=C\C/C=C\C/C=C\CCCCCCCCCOCC(CO)OC(=O)CCCCCCCCC/C=C\C/C=C\C/C=C\CC. The van der Waals surface area contributed by atoms with Crippen molar-refractivity contribution >= 4 is 5.97 Å². The molecule has 0 heterocycles. The first kappa shape index (κ1) is 52.0. The molecule has 4 heteroatoms. The molecule has 0 radical (unpaired) electrons. The van der Waals surface area contributed by atoms with Gasteiger partial charge in [-0.3, -0.25) is 4.79 Å². The van der Waals surface area contributed by atoms with Crippen molar-refractivity contribution in [3.63, 3.8) is 0 Å². The Labute approximate surface area is 340 Å². The first-order chi connectivity index (χ1) is 27.2. The zero-order valence-electron chi connectivity index (χ0n) is 35.6. The third-order valence-corrected chi connectivity index (χ3v) is 9.09. The maximum absolute atomic E-state index is 12.2. The number of carbonyl (C=O) groups excluding carboxylic acids is 1. The van der Waals surface area contributed by atoms with Gasteiger partial charge in [-0.25, -0.2) is 0 Å². The van der Waals surface area contributed by atoms with Crippen LogP contribution < -0.4 is 0 Å². The topological polar surface area (TPSA) is 55.8 Å². The predicted octanol–water partition coefficient (Wildman–Crippen LogP) is 15.1. The monoisotopic (exact) mass is 761 g/mol. The molecule has 1 N–H and O–H groups in total. The van der Waals surface area contributed by atoms with E-state index in [1.165, 1.54) is 70.6 Å². The molecule has 0 aliphatic rings. The maximum Gasteiger partial charge on any atom is 0.306 e. The number of hydrogen-bond donors (Lipinski definition) is 1. The first-order valence-corrected chi connectivity index (χ1v) is 22.5. The lowest BCUT2D eigenvalue weighted by Crippen LogP contribution is -2.27. The Balaban J connectivity index is 3.53. The van der Waals surface area contributed by atoms with E-state index < -0.39 is 6.10 Å². The van der Waals surface area contributed by atoms with Crippen LogP contribution >= 0.6 is 0 Å². The summed E-state index contributed by atoms with van der Waals surface area (Å²) in [4.78, 5) is 12.2. The zero-order chi connectivity index (χ0) is 39.8. The normalized spacial score (nSPS) is 13.4. The van der Waals surface area contributed by atoms with Gasteiger partial charge in [-0.15, -0.1) is 0 Å². The minimum atomic E-state index is -0.554. The Morgan fingerprint density at radius 2 is 0.764 bits per heavy atom. The van der Waals surface area contributed by atoms with Crippen LogP contribution in [0.1, 0.15) is 181 Å². The van der Waals surface area contributed by atoms with Gasteiger partial charge in [0.25, 0.3) is 0 Å². The minimum Gasteiger partial charge on any atom is -0.457 e. The lowest BCUT2D eigenvalue weighted by molar-refractivity contribution is -0.154. The molecule has 0 saturated heterocycles. The molecule has 312 valence electrons. The Morgan fingerprint density at radius 3 is 1.15 bits per heavy atom. The fourth-order valence-electron chi connectivity index (χ4n) is 5.82. The van der Waals surface area contributed by atoms with Crippen LogP contribution in [0.4, 0.5) is 0 Å². The molecule has 1 unspecified atom stereocenters. The molecule has 0 bridgehead atoms. The Bertz CT molecular complexity index is 1070. The molecule has 0 aromatic carbocycles.